The summed E-state index contributed by atoms with van der Waals surface area (Å²) in [5.74, 6) is -0.299. The summed E-state index contributed by atoms with van der Waals surface area (Å²) in [6.07, 6.45) is 1.86. The first-order valence-electron chi connectivity index (χ1n) is 9.19. The Balaban J connectivity index is 1.77. The highest BCUT2D eigenvalue weighted by Crippen LogP contribution is 2.21. The van der Waals surface area contributed by atoms with Crippen molar-refractivity contribution in [1.82, 2.24) is 5.32 Å². The van der Waals surface area contributed by atoms with Gasteiger partial charge in [0.25, 0.3) is 5.91 Å². The maximum Gasteiger partial charge on any atom is 0.252 e. The van der Waals surface area contributed by atoms with Crippen molar-refractivity contribution in [2.24, 2.45) is 0 Å². The Bertz CT molecular complexity index is 1010. The number of hydrogen-bond donors (Lipinski definition) is 2. The third-order valence-electron chi connectivity index (χ3n) is 4.24. The molecule has 3 aromatic carbocycles. The molecule has 0 saturated carbocycles. The summed E-state index contributed by atoms with van der Waals surface area (Å²) in [6, 6.07) is 24.2. The van der Waals surface area contributed by atoms with Crippen molar-refractivity contribution in [3.05, 3.63) is 101 Å². The number of carbonyl (C=O) groups excluding carboxylic acids is 2. The van der Waals surface area contributed by atoms with Crippen LogP contribution in [0.3, 0.4) is 0 Å². The van der Waals surface area contributed by atoms with Crippen LogP contribution in [0.25, 0.3) is 11.6 Å². The molecule has 0 aliphatic heterocycles. The standard InChI is InChI=1S/C24H21ClN2O2/c1-17(28)27-22-13-7-19(8-14-22)16-26-24(29)23(15-18-5-3-2-4-6-18)20-9-11-21(25)12-10-20/h2-15H,16H2,1H3,(H,26,29)(H,27,28). The maximum absolute atomic E-state index is 12.9. The largest absolute Gasteiger partial charge is 0.348 e. The highest BCUT2D eigenvalue weighted by Gasteiger charge is 2.12. The molecule has 29 heavy (non-hydrogen) atoms. The van der Waals surface area contributed by atoms with Gasteiger partial charge in [-0.15, -0.1) is 0 Å². The Morgan fingerprint density at radius 3 is 2.17 bits per heavy atom. The topological polar surface area (TPSA) is 58.2 Å². The van der Waals surface area contributed by atoms with Gasteiger partial charge in [-0.25, -0.2) is 0 Å². The molecule has 0 heterocycles. The molecule has 0 bridgehead atoms. The molecule has 0 unspecified atom stereocenters. The van der Waals surface area contributed by atoms with Gasteiger partial charge in [-0.1, -0.05) is 66.2 Å². The highest BCUT2D eigenvalue weighted by molar-refractivity contribution is 6.31. The highest BCUT2D eigenvalue weighted by atomic mass is 35.5. The summed E-state index contributed by atoms with van der Waals surface area (Å²) in [7, 11) is 0. The fourth-order valence-corrected chi connectivity index (χ4v) is 2.94. The number of rotatable bonds is 6. The van der Waals surface area contributed by atoms with Crippen LogP contribution < -0.4 is 10.6 Å². The zero-order chi connectivity index (χ0) is 20.6. The van der Waals surface area contributed by atoms with E-state index in [-0.39, 0.29) is 11.8 Å². The molecular formula is C24H21ClN2O2. The summed E-state index contributed by atoms with van der Waals surface area (Å²) in [5.41, 5.74) is 3.94. The molecule has 4 nitrogen and oxygen atoms in total. The molecule has 3 aromatic rings. The van der Waals surface area contributed by atoms with Gasteiger partial charge >= 0.3 is 0 Å². The average molecular weight is 405 g/mol. The van der Waals surface area contributed by atoms with Crippen molar-refractivity contribution in [3.63, 3.8) is 0 Å². The first-order chi connectivity index (χ1) is 14.0. The van der Waals surface area contributed by atoms with E-state index >= 15 is 0 Å². The summed E-state index contributed by atoms with van der Waals surface area (Å²) < 4.78 is 0. The van der Waals surface area contributed by atoms with Crippen LogP contribution in [0.5, 0.6) is 0 Å². The van der Waals surface area contributed by atoms with Crippen molar-refractivity contribution in [2.75, 3.05) is 5.32 Å². The van der Waals surface area contributed by atoms with Gasteiger partial charge in [0.05, 0.1) is 0 Å². The molecule has 0 fully saturated rings. The van der Waals surface area contributed by atoms with E-state index in [0.29, 0.717) is 17.1 Å². The molecule has 0 aliphatic rings. The lowest BCUT2D eigenvalue weighted by Gasteiger charge is -2.11. The predicted octanol–water partition coefficient (Wildman–Crippen LogP) is 5.16. The maximum atomic E-state index is 12.9. The van der Waals surface area contributed by atoms with Crippen LogP contribution in [0, 0.1) is 0 Å². The van der Waals surface area contributed by atoms with E-state index in [1.165, 1.54) is 6.92 Å². The molecule has 0 atom stereocenters. The molecule has 0 aromatic heterocycles. The van der Waals surface area contributed by atoms with Crippen LogP contribution >= 0.6 is 11.6 Å². The Morgan fingerprint density at radius 2 is 1.55 bits per heavy atom. The average Bonchev–Trinajstić information content (AvgIpc) is 2.72. The summed E-state index contributed by atoms with van der Waals surface area (Å²) in [6.45, 7) is 1.84. The number of benzene rings is 3. The molecule has 146 valence electrons. The van der Waals surface area contributed by atoms with Crippen LogP contribution in [-0.2, 0) is 16.1 Å². The zero-order valence-corrected chi connectivity index (χ0v) is 16.7. The Kier molecular flexibility index (Phi) is 6.82. The molecule has 0 spiro atoms. The molecular weight excluding hydrogens is 384 g/mol. The van der Waals surface area contributed by atoms with E-state index in [0.717, 1.165) is 22.4 Å². The first kappa shape index (κ1) is 20.4. The fourth-order valence-electron chi connectivity index (χ4n) is 2.81. The minimum Gasteiger partial charge on any atom is -0.348 e. The van der Waals surface area contributed by atoms with E-state index in [4.69, 9.17) is 11.6 Å². The van der Waals surface area contributed by atoms with E-state index in [9.17, 15) is 9.59 Å². The van der Waals surface area contributed by atoms with Gasteiger partial charge in [-0.2, -0.15) is 0 Å². The van der Waals surface area contributed by atoms with Crippen LogP contribution in [0.15, 0.2) is 78.9 Å². The van der Waals surface area contributed by atoms with Gasteiger partial charge in [0.15, 0.2) is 0 Å². The normalized spacial score (nSPS) is 11.0. The molecule has 0 radical (unpaired) electrons. The number of hydrogen-bond acceptors (Lipinski definition) is 2. The van der Waals surface area contributed by atoms with Crippen molar-refractivity contribution >= 4 is 40.8 Å². The summed E-state index contributed by atoms with van der Waals surface area (Å²) in [4.78, 5) is 24.1. The minimum absolute atomic E-state index is 0.121. The second-order valence-corrected chi connectivity index (χ2v) is 6.97. The van der Waals surface area contributed by atoms with Gasteiger partial charge in [-0.3, -0.25) is 9.59 Å². The molecule has 0 saturated heterocycles. The third-order valence-corrected chi connectivity index (χ3v) is 4.49. The fraction of sp³-hybridized carbons (Fsp3) is 0.0833. The Labute approximate surface area is 175 Å². The van der Waals surface area contributed by atoms with Crippen molar-refractivity contribution < 1.29 is 9.59 Å². The molecule has 2 N–H and O–H groups in total. The monoisotopic (exact) mass is 404 g/mol. The van der Waals surface area contributed by atoms with E-state index in [1.807, 2.05) is 72.8 Å². The van der Waals surface area contributed by atoms with Crippen molar-refractivity contribution in [3.8, 4) is 0 Å². The third kappa shape index (κ3) is 6.06. The van der Waals surface area contributed by atoms with E-state index in [2.05, 4.69) is 10.6 Å². The lowest BCUT2D eigenvalue weighted by molar-refractivity contribution is -0.116. The second kappa shape index (κ2) is 9.71. The number of anilines is 1. The van der Waals surface area contributed by atoms with Gasteiger partial charge in [0.1, 0.15) is 0 Å². The predicted molar refractivity (Wildman–Crippen MR) is 118 cm³/mol. The summed E-state index contributed by atoms with van der Waals surface area (Å²) >= 11 is 6.00. The van der Waals surface area contributed by atoms with Crippen LogP contribution in [0.1, 0.15) is 23.6 Å². The van der Waals surface area contributed by atoms with Gasteiger partial charge in [-0.05, 0) is 47.0 Å². The van der Waals surface area contributed by atoms with Gasteiger partial charge in [0, 0.05) is 29.8 Å². The quantitative estimate of drug-likeness (QED) is 0.440. The lowest BCUT2D eigenvalue weighted by Crippen LogP contribution is -2.23. The van der Waals surface area contributed by atoms with Crippen LogP contribution in [0.4, 0.5) is 5.69 Å². The number of nitrogens with one attached hydrogen (secondary N) is 2. The Morgan fingerprint density at radius 1 is 0.897 bits per heavy atom. The number of halogens is 1. The van der Waals surface area contributed by atoms with E-state index < -0.39 is 0 Å². The van der Waals surface area contributed by atoms with Gasteiger partial charge < -0.3 is 10.6 Å². The van der Waals surface area contributed by atoms with Crippen molar-refractivity contribution in [1.29, 1.82) is 0 Å². The van der Waals surface area contributed by atoms with Crippen LogP contribution in [0.2, 0.25) is 5.02 Å². The van der Waals surface area contributed by atoms with E-state index in [1.54, 1.807) is 12.1 Å². The molecule has 0 aliphatic carbocycles. The Hall–Kier alpha value is -3.37. The van der Waals surface area contributed by atoms with Gasteiger partial charge in [0.2, 0.25) is 5.91 Å². The second-order valence-electron chi connectivity index (χ2n) is 6.54. The molecule has 5 heteroatoms. The SMILES string of the molecule is CC(=O)Nc1ccc(CNC(=O)C(=Cc2ccccc2)c2ccc(Cl)cc2)cc1. The molecule has 3 rings (SSSR count). The number of carbonyl (C=O) groups is 2. The zero-order valence-electron chi connectivity index (χ0n) is 16.0. The molecule has 2 amide bonds. The van der Waals surface area contributed by atoms with Crippen molar-refractivity contribution in [2.45, 2.75) is 13.5 Å². The number of amides is 2. The lowest BCUT2D eigenvalue weighted by atomic mass is 10.0. The summed E-state index contributed by atoms with van der Waals surface area (Å²) in [5, 5.41) is 6.31. The minimum atomic E-state index is -0.179. The first-order valence-corrected chi connectivity index (χ1v) is 9.56. The van der Waals surface area contributed by atoms with Crippen LogP contribution in [-0.4, -0.2) is 11.8 Å². The smallest absolute Gasteiger partial charge is 0.252 e.